The Kier molecular flexibility index (Phi) is 9.06. The first-order valence-electron chi connectivity index (χ1n) is 23.2. The molecule has 0 N–H and O–H groups in total. The lowest BCUT2D eigenvalue weighted by atomic mass is 9.71. The normalized spacial score (nSPS) is 15.9. The van der Waals surface area contributed by atoms with E-state index in [1.165, 1.54) is 134 Å². The maximum Gasteiger partial charge on any atom is 0.0502 e. The van der Waals surface area contributed by atoms with E-state index in [1.807, 2.05) is 0 Å². The van der Waals surface area contributed by atoms with Crippen LogP contribution in [0.1, 0.15) is 90.6 Å². The summed E-state index contributed by atoms with van der Waals surface area (Å²) in [5.41, 5.74) is 25.9. The molecule has 3 aliphatic rings. The quantitative estimate of drug-likeness (QED) is 0.163. The van der Waals surface area contributed by atoms with Crippen LogP contribution >= 0.6 is 0 Å². The van der Waals surface area contributed by atoms with Crippen LogP contribution in [0.2, 0.25) is 0 Å². The molecule has 0 saturated carbocycles. The Morgan fingerprint density at radius 1 is 0.422 bits per heavy atom. The van der Waals surface area contributed by atoms with Gasteiger partial charge in [-0.15, -0.1) is 0 Å². The molecule has 2 nitrogen and oxygen atoms in total. The van der Waals surface area contributed by atoms with Crippen LogP contribution in [0.4, 0.5) is 28.4 Å². The zero-order valence-corrected chi connectivity index (χ0v) is 39.2. The van der Waals surface area contributed by atoms with Crippen molar-refractivity contribution in [3.05, 3.63) is 207 Å². The Bertz CT molecular complexity index is 3260. The van der Waals surface area contributed by atoms with E-state index in [9.17, 15) is 0 Å². The Hall–Kier alpha value is -6.64. The molecule has 2 heterocycles. The van der Waals surface area contributed by atoms with Crippen molar-refractivity contribution in [1.82, 2.24) is 0 Å². The molecule has 2 heteroatoms. The Labute approximate surface area is 380 Å². The third kappa shape index (κ3) is 5.84. The fourth-order valence-corrected chi connectivity index (χ4v) is 11.6. The molecule has 64 heavy (non-hydrogen) atoms. The zero-order valence-electron chi connectivity index (χ0n) is 39.2. The number of fused-ring (bicyclic) bond motifs is 5. The fourth-order valence-electron chi connectivity index (χ4n) is 11.6. The lowest BCUT2D eigenvalue weighted by molar-refractivity contribution is 0.603. The van der Waals surface area contributed by atoms with Gasteiger partial charge in [-0.05, 0) is 196 Å². The maximum atomic E-state index is 2.59. The highest BCUT2D eigenvalue weighted by Crippen LogP contribution is 2.55. The van der Waals surface area contributed by atoms with Gasteiger partial charge in [-0.3, -0.25) is 0 Å². The average Bonchev–Trinajstić information content (AvgIpc) is 3.29. The Balaban J connectivity index is 1.27. The van der Waals surface area contributed by atoms with Crippen molar-refractivity contribution in [1.29, 1.82) is 0 Å². The van der Waals surface area contributed by atoms with Crippen LogP contribution in [0, 0.1) is 41.5 Å². The van der Waals surface area contributed by atoms with Crippen LogP contribution in [0.3, 0.4) is 0 Å². The van der Waals surface area contributed by atoms with E-state index in [2.05, 4.69) is 225 Å². The van der Waals surface area contributed by atoms with Gasteiger partial charge in [-0.25, -0.2) is 0 Å². The number of hydrogen-bond acceptors (Lipinski definition) is 2. The third-order valence-electron chi connectivity index (χ3n) is 15.6. The summed E-state index contributed by atoms with van der Waals surface area (Å²) in [6.07, 6.45) is 6.82. The number of hydrogen-bond donors (Lipinski definition) is 0. The maximum absolute atomic E-state index is 2.59. The molecule has 0 bridgehead atoms. The minimum absolute atomic E-state index is 0.0916. The van der Waals surface area contributed by atoms with Gasteiger partial charge in [-0.1, -0.05) is 131 Å². The van der Waals surface area contributed by atoms with Crippen LogP contribution in [0.25, 0.3) is 43.8 Å². The van der Waals surface area contributed by atoms with E-state index in [-0.39, 0.29) is 10.8 Å². The van der Waals surface area contributed by atoms with Crippen molar-refractivity contribution in [2.75, 3.05) is 9.80 Å². The van der Waals surface area contributed by atoms with Gasteiger partial charge in [0.25, 0.3) is 0 Å². The van der Waals surface area contributed by atoms with E-state index in [0.29, 0.717) is 0 Å². The smallest absolute Gasteiger partial charge is 0.0502 e. The minimum Gasteiger partial charge on any atom is -0.314 e. The van der Waals surface area contributed by atoms with Crippen molar-refractivity contribution in [3.8, 4) is 22.3 Å². The summed E-state index contributed by atoms with van der Waals surface area (Å²) in [5, 5.41) is 5.07. The predicted molar refractivity (Wildman–Crippen MR) is 275 cm³/mol. The molecule has 2 aliphatic heterocycles. The van der Waals surface area contributed by atoms with Gasteiger partial charge in [0.2, 0.25) is 0 Å². The second-order valence-electron chi connectivity index (χ2n) is 20.0. The standard InChI is InChI=1S/C62H58N2/c1-37-31-43(32-38(2)41(37)5)59-47-29-27-46(64-57-25-17-13-21-53(57)62(9,10)54-22-14-18-26-58(54)64)36-50(47)60(44-33-39(3)42(6)40(4)34-44)48-30-28-45(35-49(48)59)63-55-23-15-11-19-51(55)61(7,8)52-20-12-16-24-56(52)63/h11-17,19-25,27-36H,18,26H2,1-10H3. The van der Waals surface area contributed by atoms with Crippen LogP contribution < -0.4 is 9.80 Å². The molecule has 11 rings (SSSR count). The van der Waals surface area contributed by atoms with Crippen molar-refractivity contribution in [2.45, 2.75) is 92.9 Å². The molecule has 0 fully saturated rings. The molecule has 1 aliphatic carbocycles. The van der Waals surface area contributed by atoms with Crippen molar-refractivity contribution >= 4 is 50.0 Å². The van der Waals surface area contributed by atoms with Gasteiger partial charge in [0.1, 0.15) is 0 Å². The molecule has 8 aromatic carbocycles. The molecule has 316 valence electrons. The SMILES string of the molecule is Cc1cc(-c2c3ccc(N4c5ccccc5C(C)(C)c5ccccc54)cc3c(-c3cc(C)c(C)c(C)c3)c3ccc(N4C5=C(C=CCC5)C(C)(C)c5ccccc54)cc23)cc(C)c1C. The fraction of sp³-hybridized carbons (Fsp3) is 0.226. The van der Waals surface area contributed by atoms with Crippen molar-refractivity contribution < 1.29 is 0 Å². The second-order valence-corrected chi connectivity index (χ2v) is 20.0. The summed E-state index contributed by atoms with van der Waals surface area (Å²) < 4.78 is 0. The van der Waals surface area contributed by atoms with E-state index >= 15 is 0 Å². The lowest BCUT2D eigenvalue weighted by Gasteiger charge is -2.44. The molecule has 0 atom stereocenters. The van der Waals surface area contributed by atoms with Gasteiger partial charge in [0, 0.05) is 33.6 Å². The van der Waals surface area contributed by atoms with E-state index in [1.54, 1.807) is 0 Å². The monoisotopic (exact) mass is 830 g/mol. The number of aryl methyl sites for hydroxylation is 4. The average molecular weight is 831 g/mol. The van der Waals surface area contributed by atoms with Gasteiger partial charge >= 0.3 is 0 Å². The predicted octanol–water partition coefficient (Wildman–Crippen LogP) is 17.3. The van der Waals surface area contributed by atoms with Gasteiger partial charge < -0.3 is 9.80 Å². The Morgan fingerprint density at radius 3 is 1.30 bits per heavy atom. The lowest BCUT2D eigenvalue weighted by Crippen LogP contribution is -2.34. The van der Waals surface area contributed by atoms with Crippen LogP contribution in [-0.2, 0) is 10.8 Å². The molecule has 0 amide bonds. The summed E-state index contributed by atoms with van der Waals surface area (Å²) in [5.74, 6) is 0. The van der Waals surface area contributed by atoms with Crippen LogP contribution in [-0.4, -0.2) is 0 Å². The largest absolute Gasteiger partial charge is 0.314 e. The molecule has 0 unspecified atom stereocenters. The highest BCUT2D eigenvalue weighted by Gasteiger charge is 2.39. The number of para-hydroxylation sites is 3. The molecule has 0 radical (unpaired) electrons. The summed E-state index contributed by atoms with van der Waals surface area (Å²) in [7, 11) is 0. The zero-order chi connectivity index (χ0) is 44.4. The summed E-state index contributed by atoms with van der Waals surface area (Å²) in [4.78, 5) is 5.10. The first-order chi connectivity index (χ1) is 30.8. The third-order valence-corrected chi connectivity index (χ3v) is 15.6. The molecule has 0 aromatic heterocycles. The highest BCUT2D eigenvalue weighted by molar-refractivity contribution is 6.23. The number of nitrogens with zero attached hydrogens (tertiary/aromatic N) is 2. The molecular formula is C62H58N2. The number of benzene rings is 8. The van der Waals surface area contributed by atoms with E-state index < -0.39 is 0 Å². The van der Waals surface area contributed by atoms with Crippen molar-refractivity contribution in [2.24, 2.45) is 0 Å². The number of allylic oxidation sites excluding steroid dienone is 4. The number of anilines is 5. The highest BCUT2D eigenvalue weighted by atomic mass is 15.2. The first-order valence-corrected chi connectivity index (χ1v) is 23.2. The van der Waals surface area contributed by atoms with E-state index in [0.717, 1.165) is 12.8 Å². The van der Waals surface area contributed by atoms with Crippen LogP contribution in [0.5, 0.6) is 0 Å². The van der Waals surface area contributed by atoms with Crippen molar-refractivity contribution in [3.63, 3.8) is 0 Å². The van der Waals surface area contributed by atoms with Gasteiger partial charge in [0.05, 0.1) is 11.4 Å². The summed E-state index contributed by atoms with van der Waals surface area (Å²) in [6, 6.07) is 51.5. The number of rotatable bonds is 4. The Morgan fingerprint density at radius 2 is 0.828 bits per heavy atom. The van der Waals surface area contributed by atoms with Gasteiger partial charge in [0.15, 0.2) is 0 Å². The summed E-state index contributed by atoms with van der Waals surface area (Å²) >= 11 is 0. The molecular weight excluding hydrogens is 773 g/mol. The first kappa shape index (κ1) is 40.2. The molecule has 0 spiro atoms. The molecule has 8 aromatic rings. The summed E-state index contributed by atoms with van der Waals surface area (Å²) in [6.45, 7) is 23.1. The van der Waals surface area contributed by atoms with Gasteiger partial charge in [-0.2, -0.15) is 0 Å². The second kappa shape index (κ2) is 14.4. The topological polar surface area (TPSA) is 6.48 Å². The minimum atomic E-state index is -0.139. The molecule has 0 saturated heterocycles. The van der Waals surface area contributed by atoms with Crippen LogP contribution in [0.15, 0.2) is 157 Å². The van der Waals surface area contributed by atoms with E-state index in [4.69, 9.17) is 0 Å².